The number of likely N-dealkylation sites (tertiary alicyclic amines) is 1. The molecule has 32 heavy (non-hydrogen) atoms. The number of ether oxygens (including phenoxy) is 1. The maximum Gasteiger partial charge on any atom is 0.211 e. The molecule has 0 N–H and O–H groups in total. The molecular weight excluding hydrogens is 398 g/mol. The van der Waals surface area contributed by atoms with E-state index in [9.17, 15) is 9.59 Å². The highest BCUT2D eigenvalue weighted by Crippen LogP contribution is 2.71. The molecule has 1 amide bonds. The van der Waals surface area contributed by atoms with Gasteiger partial charge < -0.3 is 9.64 Å². The van der Waals surface area contributed by atoms with Crippen LogP contribution < -0.4 is 0 Å². The predicted octanol–water partition coefficient (Wildman–Crippen LogP) is 5.44. The summed E-state index contributed by atoms with van der Waals surface area (Å²) in [7, 11) is 0. The second-order valence-electron chi connectivity index (χ2n) is 13.4. The number of nitrogens with zero attached hydrogens (tertiary/aromatic N) is 1. The standard InChI is InChI=1S/C28H43NO3/c1-17-7-12-28(29(15-17)16-30)18(2)25-24(32-28)14-23-21-6-5-19-13-20(31)8-10-26(19,3)22(21)9-11-27(23,25)4/h16-19,21-25H,5-15H2,1-4H3/t17-,18?,19?,21+,22?,23?,24?,25?,26-,27-,28-/m0/s1. The lowest BCUT2D eigenvalue weighted by molar-refractivity contribution is -0.194. The molecule has 4 aliphatic carbocycles. The van der Waals surface area contributed by atoms with E-state index in [4.69, 9.17) is 4.74 Å². The Labute approximate surface area is 194 Å². The second-order valence-corrected chi connectivity index (χ2v) is 13.4. The van der Waals surface area contributed by atoms with Crippen molar-refractivity contribution in [2.75, 3.05) is 6.54 Å². The molecule has 11 atom stereocenters. The van der Waals surface area contributed by atoms with Gasteiger partial charge in [0.15, 0.2) is 0 Å². The van der Waals surface area contributed by atoms with Crippen molar-refractivity contribution in [3.8, 4) is 0 Å². The van der Waals surface area contributed by atoms with Gasteiger partial charge in [0.05, 0.1) is 6.10 Å². The number of carbonyl (C=O) groups is 2. The van der Waals surface area contributed by atoms with Gasteiger partial charge >= 0.3 is 0 Å². The van der Waals surface area contributed by atoms with Crippen LogP contribution in [0.15, 0.2) is 0 Å². The van der Waals surface area contributed by atoms with E-state index in [-0.39, 0.29) is 5.72 Å². The maximum atomic E-state index is 12.2. The Morgan fingerprint density at radius 1 is 1.00 bits per heavy atom. The second kappa shape index (κ2) is 7.06. The molecule has 2 aliphatic heterocycles. The van der Waals surface area contributed by atoms with E-state index in [1.807, 2.05) is 4.90 Å². The van der Waals surface area contributed by atoms with Crippen molar-refractivity contribution in [2.24, 2.45) is 52.3 Å². The van der Waals surface area contributed by atoms with Gasteiger partial charge in [-0.05, 0) is 97.7 Å². The average Bonchev–Trinajstić information content (AvgIpc) is 3.21. The molecular formula is C28H43NO3. The molecule has 2 heterocycles. The number of piperidine rings is 1. The van der Waals surface area contributed by atoms with Crippen molar-refractivity contribution in [3.05, 3.63) is 0 Å². The zero-order chi connectivity index (χ0) is 22.5. The van der Waals surface area contributed by atoms with Crippen molar-refractivity contribution in [1.29, 1.82) is 0 Å². The van der Waals surface area contributed by atoms with Crippen molar-refractivity contribution in [1.82, 2.24) is 4.90 Å². The molecule has 0 aromatic rings. The van der Waals surface area contributed by atoms with Crippen LogP contribution >= 0.6 is 0 Å². The Bertz CT molecular complexity index is 812. The van der Waals surface area contributed by atoms with Gasteiger partial charge in [-0.1, -0.05) is 27.7 Å². The molecule has 6 fully saturated rings. The lowest BCUT2D eigenvalue weighted by Gasteiger charge is -2.60. The van der Waals surface area contributed by atoms with E-state index in [0.717, 1.165) is 62.8 Å². The molecule has 6 aliphatic rings. The molecule has 4 saturated carbocycles. The summed E-state index contributed by atoms with van der Waals surface area (Å²) >= 11 is 0. The zero-order valence-electron chi connectivity index (χ0n) is 20.6. The first-order chi connectivity index (χ1) is 15.2. The van der Waals surface area contributed by atoms with Crippen LogP contribution in [-0.2, 0) is 14.3 Å². The number of hydrogen-bond acceptors (Lipinski definition) is 3. The average molecular weight is 442 g/mol. The molecule has 6 rings (SSSR count). The molecule has 0 aromatic carbocycles. The molecule has 0 radical (unpaired) electrons. The number of Topliss-reactive ketones (excluding diaryl/α,β-unsaturated/α-hetero) is 1. The van der Waals surface area contributed by atoms with Crippen LogP contribution in [0.4, 0.5) is 0 Å². The number of hydrogen-bond donors (Lipinski definition) is 0. The highest BCUT2D eigenvalue weighted by atomic mass is 16.5. The van der Waals surface area contributed by atoms with E-state index < -0.39 is 0 Å². The lowest BCUT2D eigenvalue weighted by atomic mass is 9.44. The third-order valence-electron chi connectivity index (χ3n) is 12.3. The first-order valence-electron chi connectivity index (χ1n) is 13.6. The smallest absolute Gasteiger partial charge is 0.211 e. The number of rotatable bonds is 1. The minimum Gasteiger partial charge on any atom is -0.352 e. The Hall–Kier alpha value is -0.900. The van der Waals surface area contributed by atoms with Gasteiger partial charge in [0.25, 0.3) is 0 Å². The minimum absolute atomic E-state index is 0.313. The van der Waals surface area contributed by atoms with Gasteiger partial charge in [0.1, 0.15) is 11.5 Å². The molecule has 178 valence electrons. The fourth-order valence-corrected chi connectivity index (χ4v) is 10.7. The minimum atomic E-state index is -0.359. The molecule has 4 heteroatoms. The van der Waals surface area contributed by atoms with E-state index >= 15 is 0 Å². The molecule has 0 bridgehead atoms. The third kappa shape index (κ3) is 2.65. The number of carbonyl (C=O) groups excluding carboxylic acids is 2. The van der Waals surface area contributed by atoms with Crippen LogP contribution in [0.25, 0.3) is 0 Å². The van der Waals surface area contributed by atoms with Gasteiger partial charge in [-0.3, -0.25) is 9.59 Å². The van der Waals surface area contributed by atoms with E-state index in [1.165, 1.54) is 32.1 Å². The van der Waals surface area contributed by atoms with Crippen LogP contribution in [0.2, 0.25) is 0 Å². The Kier molecular flexibility index (Phi) is 4.77. The highest BCUT2D eigenvalue weighted by molar-refractivity contribution is 5.79. The first-order valence-corrected chi connectivity index (χ1v) is 13.6. The van der Waals surface area contributed by atoms with Crippen LogP contribution in [0, 0.1) is 52.3 Å². The van der Waals surface area contributed by atoms with Crippen LogP contribution in [0.5, 0.6) is 0 Å². The van der Waals surface area contributed by atoms with Gasteiger partial charge in [0, 0.05) is 25.3 Å². The summed E-state index contributed by atoms with van der Waals surface area (Å²) in [6.45, 7) is 10.6. The Morgan fingerprint density at radius 3 is 2.59 bits per heavy atom. The largest absolute Gasteiger partial charge is 0.352 e. The number of fused-ring (bicyclic) bond motifs is 7. The Balaban J connectivity index is 1.28. The summed E-state index contributed by atoms with van der Waals surface area (Å²) in [4.78, 5) is 26.3. The van der Waals surface area contributed by atoms with E-state index in [0.29, 0.717) is 46.4 Å². The van der Waals surface area contributed by atoms with Gasteiger partial charge in [-0.25, -0.2) is 0 Å². The van der Waals surface area contributed by atoms with Gasteiger partial charge in [0.2, 0.25) is 6.41 Å². The maximum absolute atomic E-state index is 12.2. The van der Waals surface area contributed by atoms with Crippen LogP contribution in [0.3, 0.4) is 0 Å². The number of ketones is 1. The molecule has 6 unspecified atom stereocenters. The first kappa shape index (κ1) is 21.6. The fourth-order valence-electron chi connectivity index (χ4n) is 10.7. The van der Waals surface area contributed by atoms with Crippen molar-refractivity contribution < 1.29 is 14.3 Å². The van der Waals surface area contributed by atoms with Crippen molar-refractivity contribution in [3.63, 3.8) is 0 Å². The molecule has 4 nitrogen and oxygen atoms in total. The van der Waals surface area contributed by atoms with E-state index in [1.54, 1.807) is 0 Å². The van der Waals surface area contributed by atoms with Gasteiger partial charge in [-0.2, -0.15) is 0 Å². The SMILES string of the molecule is CC1C2C(CC3[C@@H]4CCC5CC(=O)CC[C@]5(C)C4CC[C@]23C)O[C@@]12CC[C@H](C)CN2C=O. The summed E-state index contributed by atoms with van der Waals surface area (Å²) in [5.74, 6) is 5.03. The van der Waals surface area contributed by atoms with E-state index in [2.05, 4.69) is 27.7 Å². The summed E-state index contributed by atoms with van der Waals surface area (Å²) in [6.07, 6.45) is 12.7. The normalized spacial score (nSPS) is 57.0. The van der Waals surface area contributed by atoms with Crippen LogP contribution in [0.1, 0.15) is 91.9 Å². The van der Waals surface area contributed by atoms with Gasteiger partial charge in [-0.15, -0.1) is 0 Å². The third-order valence-corrected chi connectivity index (χ3v) is 12.3. The van der Waals surface area contributed by atoms with Crippen molar-refractivity contribution >= 4 is 12.2 Å². The quantitative estimate of drug-likeness (QED) is 0.509. The lowest BCUT2D eigenvalue weighted by Crippen LogP contribution is -2.58. The predicted molar refractivity (Wildman–Crippen MR) is 124 cm³/mol. The monoisotopic (exact) mass is 441 g/mol. The summed E-state index contributed by atoms with van der Waals surface area (Å²) in [6, 6.07) is 0. The molecule has 0 aromatic heterocycles. The highest BCUT2D eigenvalue weighted by Gasteiger charge is 2.69. The summed E-state index contributed by atoms with van der Waals surface area (Å²) < 4.78 is 7.01. The topological polar surface area (TPSA) is 46.6 Å². The summed E-state index contributed by atoms with van der Waals surface area (Å²) in [5.41, 5.74) is 0.346. The number of amides is 1. The van der Waals surface area contributed by atoms with Crippen molar-refractivity contribution in [2.45, 2.75) is 104 Å². The Morgan fingerprint density at radius 2 is 1.81 bits per heavy atom. The van der Waals surface area contributed by atoms with Crippen LogP contribution in [-0.4, -0.2) is 35.5 Å². The summed E-state index contributed by atoms with van der Waals surface area (Å²) in [5, 5.41) is 0. The molecule has 1 spiro atoms. The zero-order valence-corrected chi connectivity index (χ0v) is 20.6. The fraction of sp³-hybridized carbons (Fsp3) is 0.929. The molecule has 2 saturated heterocycles.